The van der Waals surface area contributed by atoms with E-state index in [0.29, 0.717) is 5.82 Å². The lowest BCUT2D eigenvalue weighted by Gasteiger charge is -2.23. The number of carbonyl (C=O) groups is 1. The quantitative estimate of drug-likeness (QED) is 0.812. The number of hydrogen-bond donors (Lipinski definition) is 2. The van der Waals surface area contributed by atoms with Gasteiger partial charge in [0.2, 0.25) is 5.82 Å². The van der Waals surface area contributed by atoms with Crippen molar-refractivity contribution in [1.29, 1.82) is 0 Å². The topological polar surface area (TPSA) is 70.7 Å². The molecule has 1 saturated carbocycles. The Bertz CT molecular complexity index is 379. The zero-order valence-corrected chi connectivity index (χ0v) is 9.84. The van der Waals surface area contributed by atoms with Crippen LogP contribution >= 0.6 is 0 Å². The first kappa shape index (κ1) is 11.1. The predicted octanol–water partition coefficient (Wildman–Crippen LogP) is 1.42. The third kappa shape index (κ3) is 2.40. The first-order valence-electron chi connectivity index (χ1n) is 5.76. The summed E-state index contributed by atoms with van der Waals surface area (Å²) < 4.78 is 0. The molecule has 88 valence electrons. The average molecular weight is 222 g/mol. The zero-order valence-electron chi connectivity index (χ0n) is 9.84. The van der Waals surface area contributed by atoms with Gasteiger partial charge in [-0.15, -0.1) is 5.10 Å². The normalized spacial score (nSPS) is 18.6. The number of amides is 1. The standard InChI is InChI=1S/C11H18N4O/c1-8-13-9(15-14-8)10(16)12-7-11(2)5-3-4-6-11/h3-7H2,1-2H3,(H,12,16)(H,13,14,15). The van der Waals surface area contributed by atoms with E-state index in [1.165, 1.54) is 25.7 Å². The third-order valence-electron chi connectivity index (χ3n) is 3.29. The maximum Gasteiger partial charge on any atom is 0.290 e. The molecule has 0 saturated heterocycles. The van der Waals surface area contributed by atoms with Gasteiger partial charge in [0.05, 0.1) is 0 Å². The van der Waals surface area contributed by atoms with Gasteiger partial charge in [-0.2, -0.15) is 0 Å². The number of aromatic amines is 1. The SMILES string of the molecule is Cc1nc(C(=O)NCC2(C)CCCC2)n[nH]1. The minimum atomic E-state index is -0.183. The number of rotatable bonds is 3. The van der Waals surface area contributed by atoms with Crippen LogP contribution in [0.1, 0.15) is 49.1 Å². The second kappa shape index (κ2) is 4.23. The van der Waals surface area contributed by atoms with E-state index in [-0.39, 0.29) is 17.1 Å². The number of carbonyl (C=O) groups excluding carboxylic acids is 1. The maximum atomic E-state index is 11.7. The lowest BCUT2D eigenvalue weighted by atomic mass is 9.89. The minimum absolute atomic E-state index is 0.183. The summed E-state index contributed by atoms with van der Waals surface area (Å²) in [6.45, 7) is 4.73. The maximum absolute atomic E-state index is 11.7. The molecule has 1 heterocycles. The summed E-state index contributed by atoms with van der Waals surface area (Å²) in [5.74, 6) is 0.716. The predicted molar refractivity (Wildman–Crippen MR) is 60.0 cm³/mol. The summed E-state index contributed by atoms with van der Waals surface area (Å²) in [6, 6.07) is 0. The van der Waals surface area contributed by atoms with Gasteiger partial charge >= 0.3 is 0 Å². The lowest BCUT2D eigenvalue weighted by molar-refractivity contribution is 0.0924. The van der Waals surface area contributed by atoms with Crippen LogP contribution in [-0.4, -0.2) is 27.6 Å². The first-order valence-corrected chi connectivity index (χ1v) is 5.76. The fraction of sp³-hybridized carbons (Fsp3) is 0.727. The van der Waals surface area contributed by atoms with E-state index in [9.17, 15) is 4.79 Å². The van der Waals surface area contributed by atoms with Gasteiger partial charge in [-0.3, -0.25) is 9.89 Å². The third-order valence-corrected chi connectivity index (χ3v) is 3.29. The summed E-state index contributed by atoms with van der Waals surface area (Å²) in [4.78, 5) is 15.7. The van der Waals surface area contributed by atoms with Gasteiger partial charge in [0.15, 0.2) is 0 Å². The fourth-order valence-electron chi connectivity index (χ4n) is 2.22. The molecule has 1 aromatic heterocycles. The molecule has 0 radical (unpaired) electrons. The van der Waals surface area contributed by atoms with Crippen molar-refractivity contribution in [3.8, 4) is 0 Å². The summed E-state index contributed by atoms with van der Waals surface area (Å²) in [7, 11) is 0. The van der Waals surface area contributed by atoms with Crippen LogP contribution in [0.15, 0.2) is 0 Å². The Hall–Kier alpha value is -1.39. The van der Waals surface area contributed by atoms with Gasteiger partial charge in [0.25, 0.3) is 5.91 Å². The Balaban J connectivity index is 1.88. The molecule has 2 rings (SSSR count). The first-order chi connectivity index (χ1) is 7.59. The zero-order chi connectivity index (χ0) is 11.6. The highest BCUT2D eigenvalue weighted by molar-refractivity contribution is 5.90. The number of aryl methyl sites for hydroxylation is 1. The number of H-pyrrole nitrogens is 1. The number of nitrogens with zero attached hydrogens (tertiary/aromatic N) is 2. The van der Waals surface area contributed by atoms with Crippen LogP contribution in [0.2, 0.25) is 0 Å². The van der Waals surface area contributed by atoms with Crippen molar-refractivity contribution in [2.45, 2.75) is 39.5 Å². The second-order valence-corrected chi connectivity index (χ2v) is 4.94. The van der Waals surface area contributed by atoms with Gasteiger partial charge in [-0.1, -0.05) is 19.8 Å². The molecule has 1 aliphatic rings. The van der Waals surface area contributed by atoms with E-state index in [1.807, 2.05) is 0 Å². The highest BCUT2D eigenvalue weighted by Crippen LogP contribution is 2.36. The molecule has 0 aliphatic heterocycles. The van der Waals surface area contributed by atoms with E-state index in [1.54, 1.807) is 6.92 Å². The number of aromatic nitrogens is 3. The Morgan fingerprint density at radius 2 is 2.19 bits per heavy atom. The van der Waals surface area contributed by atoms with Crippen molar-refractivity contribution in [1.82, 2.24) is 20.5 Å². The van der Waals surface area contributed by atoms with Gasteiger partial charge in [0.1, 0.15) is 5.82 Å². The van der Waals surface area contributed by atoms with Crippen LogP contribution in [-0.2, 0) is 0 Å². The molecule has 1 aliphatic carbocycles. The molecule has 16 heavy (non-hydrogen) atoms. The van der Waals surface area contributed by atoms with Crippen LogP contribution in [0.3, 0.4) is 0 Å². The van der Waals surface area contributed by atoms with Gasteiger partial charge in [-0.05, 0) is 25.2 Å². The van der Waals surface area contributed by atoms with Gasteiger partial charge in [0, 0.05) is 6.54 Å². The van der Waals surface area contributed by atoms with E-state index in [0.717, 1.165) is 6.54 Å². The summed E-state index contributed by atoms with van der Waals surface area (Å²) >= 11 is 0. The van der Waals surface area contributed by atoms with Crippen molar-refractivity contribution in [3.05, 3.63) is 11.6 Å². The fourth-order valence-corrected chi connectivity index (χ4v) is 2.22. The summed E-state index contributed by atoms with van der Waals surface area (Å²) in [6.07, 6.45) is 4.93. The minimum Gasteiger partial charge on any atom is -0.349 e. The van der Waals surface area contributed by atoms with Crippen LogP contribution in [0.4, 0.5) is 0 Å². The van der Waals surface area contributed by atoms with E-state index < -0.39 is 0 Å². The molecule has 5 heteroatoms. The monoisotopic (exact) mass is 222 g/mol. The van der Waals surface area contributed by atoms with Crippen LogP contribution in [0.25, 0.3) is 0 Å². The molecule has 1 aromatic rings. The van der Waals surface area contributed by atoms with E-state index in [4.69, 9.17) is 0 Å². The molecular formula is C11H18N4O. The van der Waals surface area contributed by atoms with Crippen LogP contribution in [0.5, 0.6) is 0 Å². The molecule has 0 aromatic carbocycles. The van der Waals surface area contributed by atoms with Crippen molar-refractivity contribution in [3.63, 3.8) is 0 Å². The smallest absolute Gasteiger partial charge is 0.290 e. The Morgan fingerprint density at radius 3 is 2.75 bits per heavy atom. The molecule has 1 fully saturated rings. The highest BCUT2D eigenvalue weighted by Gasteiger charge is 2.29. The molecule has 1 amide bonds. The molecule has 5 nitrogen and oxygen atoms in total. The van der Waals surface area contributed by atoms with Crippen molar-refractivity contribution >= 4 is 5.91 Å². The highest BCUT2D eigenvalue weighted by atomic mass is 16.2. The summed E-state index contributed by atoms with van der Waals surface area (Å²) in [5, 5.41) is 9.41. The molecular weight excluding hydrogens is 204 g/mol. The van der Waals surface area contributed by atoms with E-state index >= 15 is 0 Å². The number of nitrogens with one attached hydrogen (secondary N) is 2. The van der Waals surface area contributed by atoms with Crippen LogP contribution in [0, 0.1) is 12.3 Å². The van der Waals surface area contributed by atoms with Gasteiger partial charge in [-0.25, -0.2) is 4.98 Å². The Kier molecular flexibility index (Phi) is 2.94. The molecule has 0 unspecified atom stereocenters. The Morgan fingerprint density at radius 1 is 1.50 bits per heavy atom. The van der Waals surface area contributed by atoms with Crippen LogP contribution < -0.4 is 5.32 Å². The van der Waals surface area contributed by atoms with Crippen molar-refractivity contribution in [2.75, 3.05) is 6.54 Å². The second-order valence-electron chi connectivity index (χ2n) is 4.94. The van der Waals surface area contributed by atoms with Crippen molar-refractivity contribution < 1.29 is 4.79 Å². The molecule has 0 spiro atoms. The average Bonchev–Trinajstić information content (AvgIpc) is 2.85. The van der Waals surface area contributed by atoms with Crippen molar-refractivity contribution in [2.24, 2.45) is 5.41 Å². The lowest BCUT2D eigenvalue weighted by Crippen LogP contribution is -2.34. The molecule has 0 atom stereocenters. The molecule has 2 N–H and O–H groups in total. The Labute approximate surface area is 95.0 Å². The summed E-state index contributed by atoms with van der Waals surface area (Å²) in [5.41, 5.74) is 0.265. The largest absolute Gasteiger partial charge is 0.349 e. The van der Waals surface area contributed by atoms with E-state index in [2.05, 4.69) is 27.4 Å². The number of hydrogen-bond acceptors (Lipinski definition) is 3. The molecule has 0 bridgehead atoms. The van der Waals surface area contributed by atoms with Gasteiger partial charge < -0.3 is 5.32 Å².